The van der Waals surface area contributed by atoms with Crippen LogP contribution in [0.1, 0.15) is 13.8 Å². The zero-order valence-corrected chi connectivity index (χ0v) is 8.59. The van der Waals surface area contributed by atoms with Crippen LogP contribution in [0.2, 0.25) is 0 Å². The number of halogens is 1. The van der Waals surface area contributed by atoms with Gasteiger partial charge in [0.15, 0.2) is 0 Å². The molecule has 0 fully saturated rings. The van der Waals surface area contributed by atoms with E-state index in [-0.39, 0.29) is 5.70 Å². The van der Waals surface area contributed by atoms with Gasteiger partial charge < -0.3 is 0 Å². The van der Waals surface area contributed by atoms with E-state index >= 15 is 0 Å². The van der Waals surface area contributed by atoms with E-state index in [2.05, 4.69) is 22.5 Å². The molecule has 0 aromatic rings. The lowest BCUT2D eigenvalue weighted by molar-refractivity contribution is -0.419. The van der Waals surface area contributed by atoms with E-state index in [9.17, 15) is 10.1 Å². The normalized spacial score (nSPS) is 11.6. The Morgan fingerprint density at radius 3 is 2.33 bits per heavy atom. The fraction of sp³-hybridized carbons (Fsp3) is 0.250. The van der Waals surface area contributed by atoms with Crippen molar-refractivity contribution in [1.82, 2.24) is 0 Å². The lowest BCUT2D eigenvalue weighted by atomic mass is 10.3. The Hall–Kier alpha value is -0.900. The predicted molar refractivity (Wildman–Crippen MR) is 52.6 cm³/mol. The average Bonchev–Trinajstić information content (AvgIpc) is 1.85. The Bertz CT molecular complexity index is 262. The minimum atomic E-state index is -0.476. The third-order valence-corrected chi connectivity index (χ3v) is 1.69. The van der Waals surface area contributed by atoms with E-state index in [0.717, 1.165) is 5.57 Å². The Morgan fingerprint density at radius 1 is 1.58 bits per heavy atom. The standard InChI is InChI=1S/C8H10BrNO2/c1-4-8(10(11)12)7(9)5-6(2)3/h4-5H,1H2,2-3H3/b8-7-. The molecule has 0 spiro atoms. The maximum absolute atomic E-state index is 10.4. The molecule has 0 radical (unpaired) electrons. The zero-order chi connectivity index (χ0) is 9.72. The van der Waals surface area contributed by atoms with Crippen molar-refractivity contribution in [3.63, 3.8) is 0 Å². The smallest absolute Gasteiger partial charge is 0.258 e. The summed E-state index contributed by atoms with van der Waals surface area (Å²) >= 11 is 3.10. The minimum absolute atomic E-state index is 0.0174. The monoisotopic (exact) mass is 231 g/mol. The molecule has 12 heavy (non-hydrogen) atoms. The van der Waals surface area contributed by atoms with Gasteiger partial charge in [-0.15, -0.1) is 0 Å². The van der Waals surface area contributed by atoms with Crippen molar-refractivity contribution in [1.29, 1.82) is 0 Å². The average molecular weight is 232 g/mol. The van der Waals surface area contributed by atoms with Gasteiger partial charge in [0.25, 0.3) is 5.70 Å². The van der Waals surface area contributed by atoms with Crippen molar-refractivity contribution in [2.24, 2.45) is 0 Å². The Morgan fingerprint density at radius 2 is 2.08 bits per heavy atom. The first-order valence-electron chi connectivity index (χ1n) is 3.30. The number of nitro groups is 1. The van der Waals surface area contributed by atoms with Crippen molar-refractivity contribution in [3.8, 4) is 0 Å². The highest BCUT2D eigenvalue weighted by Crippen LogP contribution is 2.16. The summed E-state index contributed by atoms with van der Waals surface area (Å²) in [5.41, 5.74) is 0.972. The summed E-state index contributed by atoms with van der Waals surface area (Å²) in [6, 6.07) is 0. The van der Waals surface area contributed by atoms with Gasteiger partial charge in [0.2, 0.25) is 0 Å². The van der Waals surface area contributed by atoms with Gasteiger partial charge in [-0.05, 0) is 35.9 Å². The molecule has 0 aliphatic carbocycles. The number of allylic oxidation sites excluding steroid dienone is 4. The van der Waals surface area contributed by atoms with Crippen LogP contribution in [0, 0.1) is 10.1 Å². The first-order valence-corrected chi connectivity index (χ1v) is 4.10. The summed E-state index contributed by atoms with van der Waals surface area (Å²) in [4.78, 5) is 9.89. The van der Waals surface area contributed by atoms with Crippen LogP contribution in [0.4, 0.5) is 0 Å². The molecule has 0 saturated carbocycles. The van der Waals surface area contributed by atoms with Gasteiger partial charge in [-0.2, -0.15) is 0 Å². The molecule has 0 bridgehead atoms. The summed E-state index contributed by atoms with van der Waals surface area (Å²) in [6.45, 7) is 7.08. The van der Waals surface area contributed by atoms with Crippen molar-refractivity contribution in [3.05, 3.63) is 44.6 Å². The minimum Gasteiger partial charge on any atom is -0.258 e. The fourth-order valence-electron chi connectivity index (χ4n) is 0.587. The molecule has 0 aliphatic heterocycles. The summed E-state index contributed by atoms with van der Waals surface area (Å²) in [5, 5.41) is 10.4. The van der Waals surface area contributed by atoms with Gasteiger partial charge in [-0.1, -0.05) is 12.2 Å². The molecular weight excluding hydrogens is 222 g/mol. The molecule has 0 amide bonds. The van der Waals surface area contributed by atoms with Crippen LogP contribution in [0.3, 0.4) is 0 Å². The van der Waals surface area contributed by atoms with Crippen molar-refractivity contribution in [2.45, 2.75) is 13.8 Å². The second kappa shape index (κ2) is 4.87. The van der Waals surface area contributed by atoms with Gasteiger partial charge in [-0.25, -0.2) is 0 Å². The molecule has 0 aliphatic rings. The van der Waals surface area contributed by atoms with E-state index in [1.165, 1.54) is 6.08 Å². The molecule has 3 nitrogen and oxygen atoms in total. The van der Waals surface area contributed by atoms with Crippen LogP contribution in [-0.4, -0.2) is 4.92 Å². The molecule has 0 N–H and O–H groups in total. The second-order valence-electron chi connectivity index (χ2n) is 2.42. The zero-order valence-electron chi connectivity index (χ0n) is 7.00. The van der Waals surface area contributed by atoms with E-state index in [4.69, 9.17) is 0 Å². The summed E-state index contributed by atoms with van der Waals surface area (Å²) < 4.78 is 0.447. The summed E-state index contributed by atoms with van der Waals surface area (Å²) in [5.74, 6) is 0. The van der Waals surface area contributed by atoms with E-state index in [1.807, 2.05) is 13.8 Å². The maximum Gasteiger partial charge on any atom is 0.282 e. The predicted octanol–water partition coefficient (Wildman–Crippen LogP) is 3.02. The topological polar surface area (TPSA) is 43.1 Å². The van der Waals surface area contributed by atoms with Crippen molar-refractivity contribution in [2.75, 3.05) is 0 Å². The van der Waals surface area contributed by atoms with Crippen LogP contribution < -0.4 is 0 Å². The molecule has 0 aromatic carbocycles. The third-order valence-electron chi connectivity index (χ3n) is 1.05. The second-order valence-corrected chi connectivity index (χ2v) is 3.27. The Balaban J connectivity index is 4.98. The SMILES string of the molecule is C=C/C(=C(/Br)C=C(C)C)[N+](=O)[O-]. The summed E-state index contributed by atoms with van der Waals surface area (Å²) in [6.07, 6.45) is 2.89. The van der Waals surface area contributed by atoms with Gasteiger partial charge >= 0.3 is 0 Å². The van der Waals surface area contributed by atoms with Gasteiger partial charge in [0.05, 0.1) is 9.41 Å². The molecule has 4 heteroatoms. The van der Waals surface area contributed by atoms with Crippen LogP contribution in [0.15, 0.2) is 34.5 Å². The molecule has 66 valence electrons. The van der Waals surface area contributed by atoms with Crippen molar-refractivity contribution >= 4 is 15.9 Å². The highest BCUT2D eigenvalue weighted by atomic mass is 79.9. The van der Waals surface area contributed by atoms with Gasteiger partial charge in [0, 0.05) is 6.08 Å². The number of nitrogens with zero attached hydrogens (tertiary/aromatic N) is 1. The molecule has 0 aromatic heterocycles. The van der Waals surface area contributed by atoms with Crippen LogP contribution in [0.5, 0.6) is 0 Å². The molecule has 0 heterocycles. The largest absolute Gasteiger partial charge is 0.282 e. The first-order chi connectivity index (χ1) is 5.49. The van der Waals surface area contributed by atoms with Crippen LogP contribution in [0.25, 0.3) is 0 Å². The number of hydrogen-bond donors (Lipinski definition) is 0. The maximum atomic E-state index is 10.4. The number of rotatable bonds is 3. The lowest BCUT2D eigenvalue weighted by Crippen LogP contribution is -1.96. The molecule has 0 saturated heterocycles. The van der Waals surface area contributed by atoms with E-state index in [0.29, 0.717) is 4.48 Å². The third kappa shape index (κ3) is 3.48. The lowest BCUT2D eigenvalue weighted by Gasteiger charge is -1.93. The molecule has 0 atom stereocenters. The molecule has 0 unspecified atom stereocenters. The van der Waals surface area contributed by atoms with Crippen LogP contribution >= 0.6 is 15.9 Å². The van der Waals surface area contributed by atoms with E-state index < -0.39 is 4.92 Å². The molecular formula is C8H10BrNO2. The van der Waals surface area contributed by atoms with Gasteiger partial charge in [0.1, 0.15) is 0 Å². The van der Waals surface area contributed by atoms with E-state index in [1.54, 1.807) is 6.08 Å². The Kier molecular flexibility index (Phi) is 4.51. The first kappa shape index (κ1) is 11.1. The highest BCUT2D eigenvalue weighted by molar-refractivity contribution is 9.11. The fourth-order valence-corrected chi connectivity index (χ4v) is 1.35. The van der Waals surface area contributed by atoms with Gasteiger partial charge in [-0.3, -0.25) is 10.1 Å². The van der Waals surface area contributed by atoms with Crippen molar-refractivity contribution < 1.29 is 4.92 Å². The number of hydrogen-bond acceptors (Lipinski definition) is 2. The Labute approximate surface area is 79.7 Å². The highest BCUT2D eigenvalue weighted by Gasteiger charge is 2.09. The quantitative estimate of drug-likeness (QED) is 0.426. The molecule has 0 rings (SSSR count). The van der Waals surface area contributed by atoms with Crippen LogP contribution in [-0.2, 0) is 0 Å². The summed E-state index contributed by atoms with van der Waals surface area (Å²) in [7, 11) is 0.